The second-order valence-electron chi connectivity index (χ2n) is 2.88. The fourth-order valence-corrected chi connectivity index (χ4v) is 1.88. The van der Waals surface area contributed by atoms with Crippen molar-refractivity contribution >= 4 is 15.9 Å². The molecule has 0 aliphatic carbocycles. The van der Waals surface area contributed by atoms with Crippen LogP contribution in [0.1, 0.15) is 17.2 Å². The van der Waals surface area contributed by atoms with E-state index in [9.17, 15) is 0 Å². The average molecular weight is 239 g/mol. The molecule has 1 aromatic carbocycles. The molecule has 0 saturated carbocycles. The fraction of sp³-hybridized carbons (Fsp3) is 0.300. The molecule has 0 amide bonds. The first kappa shape index (κ1) is 10.2. The molecule has 0 aromatic heterocycles. The lowest BCUT2D eigenvalue weighted by Gasteiger charge is -2.10. The lowest BCUT2D eigenvalue weighted by atomic mass is 10.1. The Bertz CT molecular complexity index is 341. The standard InChI is InChI=1S/C10H11BrN2/c1-7-3-4-8(9(11)5-7)10(6-12)13-2/h3-5,10,13H,1-2H3. The molecule has 68 valence electrons. The van der Waals surface area contributed by atoms with Crippen LogP contribution in [0.5, 0.6) is 0 Å². The normalized spacial score (nSPS) is 12.2. The van der Waals surface area contributed by atoms with Gasteiger partial charge in [0.1, 0.15) is 6.04 Å². The maximum atomic E-state index is 8.84. The number of hydrogen-bond acceptors (Lipinski definition) is 2. The van der Waals surface area contributed by atoms with Gasteiger partial charge in [-0.3, -0.25) is 0 Å². The summed E-state index contributed by atoms with van der Waals surface area (Å²) in [5.74, 6) is 0. The monoisotopic (exact) mass is 238 g/mol. The van der Waals surface area contributed by atoms with Gasteiger partial charge in [0.2, 0.25) is 0 Å². The molecule has 0 radical (unpaired) electrons. The number of nitrogens with zero attached hydrogens (tertiary/aromatic N) is 1. The minimum Gasteiger partial charge on any atom is -0.301 e. The lowest BCUT2D eigenvalue weighted by Crippen LogP contribution is -2.14. The zero-order valence-corrected chi connectivity index (χ0v) is 9.22. The summed E-state index contributed by atoms with van der Waals surface area (Å²) in [5.41, 5.74) is 2.17. The van der Waals surface area contributed by atoms with Gasteiger partial charge in [0, 0.05) is 4.47 Å². The average Bonchev–Trinajstić information content (AvgIpc) is 2.10. The van der Waals surface area contributed by atoms with E-state index in [0.717, 1.165) is 10.0 Å². The van der Waals surface area contributed by atoms with E-state index in [2.05, 4.69) is 27.3 Å². The summed E-state index contributed by atoms with van der Waals surface area (Å²) in [7, 11) is 1.78. The van der Waals surface area contributed by atoms with Gasteiger partial charge in [-0.1, -0.05) is 28.1 Å². The van der Waals surface area contributed by atoms with Gasteiger partial charge in [-0.25, -0.2) is 0 Å². The topological polar surface area (TPSA) is 35.8 Å². The summed E-state index contributed by atoms with van der Waals surface area (Å²) in [4.78, 5) is 0. The second-order valence-corrected chi connectivity index (χ2v) is 3.73. The van der Waals surface area contributed by atoms with Crippen LogP contribution in [-0.4, -0.2) is 7.05 Å². The van der Waals surface area contributed by atoms with Gasteiger partial charge in [-0.2, -0.15) is 5.26 Å². The highest BCUT2D eigenvalue weighted by molar-refractivity contribution is 9.10. The van der Waals surface area contributed by atoms with E-state index in [1.165, 1.54) is 5.56 Å². The van der Waals surface area contributed by atoms with Gasteiger partial charge in [0.25, 0.3) is 0 Å². The summed E-state index contributed by atoms with van der Waals surface area (Å²) >= 11 is 3.44. The highest BCUT2D eigenvalue weighted by atomic mass is 79.9. The number of benzene rings is 1. The molecule has 2 nitrogen and oxygen atoms in total. The predicted octanol–water partition coefficient (Wildman–Crippen LogP) is 2.54. The van der Waals surface area contributed by atoms with Crippen LogP contribution in [0.2, 0.25) is 0 Å². The summed E-state index contributed by atoms with van der Waals surface area (Å²) in [6, 6.07) is 7.92. The Morgan fingerprint density at radius 3 is 2.69 bits per heavy atom. The summed E-state index contributed by atoms with van der Waals surface area (Å²) < 4.78 is 0.980. The van der Waals surface area contributed by atoms with Crippen LogP contribution in [0.3, 0.4) is 0 Å². The Balaban J connectivity index is 3.09. The Morgan fingerprint density at radius 1 is 1.54 bits per heavy atom. The largest absolute Gasteiger partial charge is 0.301 e. The maximum Gasteiger partial charge on any atom is 0.122 e. The molecule has 0 spiro atoms. The van der Waals surface area contributed by atoms with Crippen molar-refractivity contribution in [3.63, 3.8) is 0 Å². The molecule has 0 aliphatic heterocycles. The highest BCUT2D eigenvalue weighted by Gasteiger charge is 2.10. The SMILES string of the molecule is CNC(C#N)c1ccc(C)cc1Br. The molecule has 0 saturated heterocycles. The first-order chi connectivity index (χ1) is 6.19. The van der Waals surface area contributed by atoms with Crippen molar-refractivity contribution in [2.75, 3.05) is 7.05 Å². The van der Waals surface area contributed by atoms with Crippen molar-refractivity contribution in [2.24, 2.45) is 0 Å². The molecular formula is C10H11BrN2. The third-order valence-electron chi connectivity index (χ3n) is 1.88. The molecule has 0 fully saturated rings. The van der Waals surface area contributed by atoms with Gasteiger partial charge < -0.3 is 5.32 Å². The summed E-state index contributed by atoms with van der Waals surface area (Å²) in [5, 5.41) is 11.8. The first-order valence-electron chi connectivity index (χ1n) is 4.02. The van der Waals surface area contributed by atoms with Gasteiger partial charge >= 0.3 is 0 Å². The van der Waals surface area contributed by atoms with Crippen LogP contribution in [0.4, 0.5) is 0 Å². The molecule has 1 rings (SSSR count). The molecule has 0 heterocycles. The van der Waals surface area contributed by atoms with Gasteiger partial charge in [-0.15, -0.1) is 0 Å². The first-order valence-corrected chi connectivity index (χ1v) is 4.81. The third kappa shape index (κ3) is 2.30. The van der Waals surface area contributed by atoms with Gasteiger partial charge in [0.15, 0.2) is 0 Å². The van der Waals surface area contributed by atoms with Crippen molar-refractivity contribution in [2.45, 2.75) is 13.0 Å². The quantitative estimate of drug-likeness (QED) is 0.860. The van der Waals surface area contributed by atoms with Gasteiger partial charge in [0.05, 0.1) is 6.07 Å². The summed E-state index contributed by atoms with van der Waals surface area (Å²) in [6.45, 7) is 2.02. The Kier molecular flexibility index (Phi) is 3.47. The van der Waals surface area contributed by atoms with Crippen LogP contribution in [-0.2, 0) is 0 Å². The Labute approximate surface area is 86.7 Å². The van der Waals surface area contributed by atoms with Crippen molar-refractivity contribution < 1.29 is 0 Å². The van der Waals surface area contributed by atoms with E-state index in [1.54, 1.807) is 7.05 Å². The van der Waals surface area contributed by atoms with E-state index in [-0.39, 0.29) is 6.04 Å². The fourth-order valence-electron chi connectivity index (χ4n) is 1.16. The van der Waals surface area contributed by atoms with Crippen molar-refractivity contribution in [1.29, 1.82) is 5.26 Å². The smallest absolute Gasteiger partial charge is 0.122 e. The van der Waals surface area contributed by atoms with Crippen LogP contribution in [0.25, 0.3) is 0 Å². The van der Waals surface area contributed by atoms with Crippen LogP contribution < -0.4 is 5.32 Å². The highest BCUT2D eigenvalue weighted by Crippen LogP contribution is 2.23. The van der Waals surface area contributed by atoms with Crippen LogP contribution in [0, 0.1) is 18.3 Å². The van der Waals surface area contributed by atoms with E-state index >= 15 is 0 Å². The van der Waals surface area contributed by atoms with E-state index < -0.39 is 0 Å². The number of hydrogen-bond donors (Lipinski definition) is 1. The number of nitriles is 1. The van der Waals surface area contributed by atoms with Crippen LogP contribution in [0.15, 0.2) is 22.7 Å². The Hall–Kier alpha value is -0.850. The minimum atomic E-state index is -0.241. The zero-order valence-electron chi connectivity index (χ0n) is 7.63. The Morgan fingerprint density at radius 2 is 2.23 bits per heavy atom. The van der Waals surface area contributed by atoms with Crippen LogP contribution >= 0.6 is 15.9 Å². The molecule has 13 heavy (non-hydrogen) atoms. The van der Waals surface area contributed by atoms with E-state index in [1.807, 2.05) is 25.1 Å². The molecular weight excluding hydrogens is 228 g/mol. The zero-order chi connectivity index (χ0) is 9.84. The van der Waals surface area contributed by atoms with Gasteiger partial charge in [-0.05, 0) is 31.2 Å². The van der Waals surface area contributed by atoms with Crippen molar-refractivity contribution in [1.82, 2.24) is 5.32 Å². The summed E-state index contributed by atoms with van der Waals surface area (Å²) in [6.07, 6.45) is 0. The maximum absolute atomic E-state index is 8.84. The molecule has 1 aromatic rings. The second kappa shape index (κ2) is 4.40. The number of rotatable bonds is 2. The van der Waals surface area contributed by atoms with Crippen molar-refractivity contribution in [3.8, 4) is 6.07 Å². The lowest BCUT2D eigenvalue weighted by molar-refractivity contribution is 0.724. The molecule has 1 N–H and O–H groups in total. The molecule has 3 heteroatoms. The van der Waals surface area contributed by atoms with E-state index in [4.69, 9.17) is 5.26 Å². The van der Waals surface area contributed by atoms with E-state index in [0.29, 0.717) is 0 Å². The number of halogens is 1. The molecule has 0 bridgehead atoms. The van der Waals surface area contributed by atoms with Crippen molar-refractivity contribution in [3.05, 3.63) is 33.8 Å². The number of aryl methyl sites for hydroxylation is 1. The molecule has 1 atom stereocenters. The molecule has 0 aliphatic rings. The third-order valence-corrected chi connectivity index (χ3v) is 2.57. The minimum absolute atomic E-state index is 0.241. The predicted molar refractivity (Wildman–Crippen MR) is 56.3 cm³/mol. The number of nitrogens with one attached hydrogen (secondary N) is 1. The molecule has 1 unspecified atom stereocenters.